The van der Waals surface area contributed by atoms with E-state index in [1.807, 2.05) is 0 Å². The lowest BCUT2D eigenvalue weighted by molar-refractivity contribution is 0.600. The van der Waals surface area contributed by atoms with Crippen molar-refractivity contribution in [1.29, 1.82) is 0 Å². The smallest absolute Gasteiger partial charge is 0.264 e. The maximum Gasteiger partial charge on any atom is 0.264 e. The van der Waals surface area contributed by atoms with E-state index in [1.54, 1.807) is 12.1 Å². The largest absolute Gasteiger partial charge is 0.389 e. The minimum absolute atomic E-state index is 0.0461. The fourth-order valence-corrected chi connectivity index (χ4v) is 4.12. The fraction of sp³-hybridized carbons (Fsp3) is 0. The van der Waals surface area contributed by atoms with Gasteiger partial charge in [0.05, 0.1) is 11.8 Å². The SMILES string of the molecule is NC(=S)c1cn[nH]c1NS(=O)(=O)c1cc(Br)ccc1Br. The zero-order chi connectivity index (χ0) is 14.9. The first-order chi connectivity index (χ1) is 9.31. The van der Waals surface area contributed by atoms with Crippen LogP contribution < -0.4 is 10.5 Å². The van der Waals surface area contributed by atoms with Gasteiger partial charge in [0.1, 0.15) is 15.7 Å². The summed E-state index contributed by atoms with van der Waals surface area (Å²) in [6.07, 6.45) is 1.36. The molecule has 2 rings (SSSR count). The Kier molecular flexibility index (Phi) is 4.47. The molecule has 4 N–H and O–H groups in total. The van der Waals surface area contributed by atoms with Crippen LogP contribution in [-0.2, 0) is 10.0 Å². The Hall–Kier alpha value is -0.970. The topological polar surface area (TPSA) is 101 Å². The lowest BCUT2D eigenvalue weighted by Gasteiger charge is -2.09. The Labute approximate surface area is 137 Å². The monoisotopic (exact) mass is 438 g/mol. The third-order valence-electron chi connectivity index (χ3n) is 2.32. The van der Waals surface area contributed by atoms with Crippen LogP contribution in [0.5, 0.6) is 0 Å². The van der Waals surface area contributed by atoms with Crippen molar-refractivity contribution in [2.24, 2.45) is 5.73 Å². The highest BCUT2D eigenvalue weighted by Crippen LogP contribution is 2.27. The second kappa shape index (κ2) is 5.80. The zero-order valence-electron chi connectivity index (χ0n) is 9.72. The van der Waals surface area contributed by atoms with E-state index in [1.165, 1.54) is 12.3 Å². The first kappa shape index (κ1) is 15.4. The van der Waals surface area contributed by atoms with Gasteiger partial charge in [0, 0.05) is 8.95 Å². The molecule has 1 aromatic carbocycles. The van der Waals surface area contributed by atoms with Crippen LogP contribution in [-0.4, -0.2) is 23.6 Å². The van der Waals surface area contributed by atoms with E-state index in [9.17, 15) is 8.42 Å². The summed E-state index contributed by atoms with van der Waals surface area (Å²) in [6.45, 7) is 0. The van der Waals surface area contributed by atoms with E-state index in [0.29, 0.717) is 14.5 Å². The average molecular weight is 440 g/mol. The van der Waals surface area contributed by atoms with Crippen LogP contribution in [0.1, 0.15) is 5.56 Å². The molecule has 1 heterocycles. The lowest BCUT2D eigenvalue weighted by Crippen LogP contribution is -2.17. The molecule has 1 aromatic heterocycles. The normalized spacial score (nSPS) is 11.3. The number of rotatable bonds is 4. The van der Waals surface area contributed by atoms with Crippen molar-refractivity contribution in [2.75, 3.05) is 4.72 Å². The van der Waals surface area contributed by atoms with Crippen molar-refractivity contribution in [3.05, 3.63) is 38.9 Å². The number of aromatic nitrogens is 2. The highest BCUT2D eigenvalue weighted by molar-refractivity contribution is 9.11. The molecule has 6 nitrogen and oxygen atoms in total. The van der Waals surface area contributed by atoms with Gasteiger partial charge in [0.25, 0.3) is 10.0 Å². The zero-order valence-corrected chi connectivity index (χ0v) is 14.5. The Bertz CT molecular complexity index is 773. The number of aromatic amines is 1. The molecular formula is C10H8Br2N4O2S2. The van der Waals surface area contributed by atoms with Crippen LogP contribution in [0.15, 0.2) is 38.2 Å². The van der Waals surface area contributed by atoms with Gasteiger partial charge in [-0.15, -0.1) is 0 Å². The van der Waals surface area contributed by atoms with Crippen LogP contribution in [0.25, 0.3) is 0 Å². The minimum atomic E-state index is -3.81. The molecule has 0 bridgehead atoms. The second-order valence-electron chi connectivity index (χ2n) is 3.70. The Morgan fingerprint density at radius 1 is 1.40 bits per heavy atom. The first-order valence-electron chi connectivity index (χ1n) is 5.12. The number of hydrogen-bond acceptors (Lipinski definition) is 4. The number of nitrogens with zero attached hydrogens (tertiary/aromatic N) is 1. The number of nitrogens with two attached hydrogens (primary N) is 1. The summed E-state index contributed by atoms with van der Waals surface area (Å²) in [5, 5.41) is 6.23. The van der Waals surface area contributed by atoms with E-state index < -0.39 is 10.0 Å². The van der Waals surface area contributed by atoms with Gasteiger partial charge in [0.15, 0.2) is 0 Å². The van der Waals surface area contributed by atoms with Gasteiger partial charge in [-0.05, 0) is 34.1 Å². The molecule has 2 aromatic rings. The number of H-pyrrole nitrogens is 1. The molecule has 0 saturated carbocycles. The Balaban J connectivity index is 2.44. The molecule has 0 radical (unpaired) electrons. The molecule has 0 spiro atoms. The predicted molar refractivity (Wildman–Crippen MR) is 87.1 cm³/mol. The molecule has 106 valence electrons. The molecule has 0 aliphatic carbocycles. The van der Waals surface area contributed by atoms with E-state index in [0.717, 1.165) is 0 Å². The van der Waals surface area contributed by atoms with Crippen LogP contribution >= 0.6 is 44.1 Å². The van der Waals surface area contributed by atoms with Gasteiger partial charge in [0.2, 0.25) is 0 Å². The second-order valence-corrected chi connectivity index (χ2v) is 7.56. The van der Waals surface area contributed by atoms with E-state index in [-0.39, 0.29) is 15.7 Å². The van der Waals surface area contributed by atoms with Crippen molar-refractivity contribution in [3.63, 3.8) is 0 Å². The van der Waals surface area contributed by atoms with Crippen LogP contribution in [0.3, 0.4) is 0 Å². The van der Waals surface area contributed by atoms with Gasteiger partial charge in [-0.25, -0.2) is 8.42 Å². The molecule has 0 unspecified atom stereocenters. The van der Waals surface area contributed by atoms with E-state index in [4.69, 9.17) is 18.0 Å². The molecule has 20 heavy (non-hydrogen) atoms. The molecule has 0 aliphatic rings. The summed E-state index contributed by atoms with van der Waals surface area (Å²) in [5.74, 6) is 0.129. The van der Waals surface area contributed by atoms with Crippen molar-refractivity contribution in [2.45, 2.75) is 4.90 Å². The summed E-state index contributed by atoms with van der Waals surface area (Å²) >= 11 is 11.3. The Morgan fingerprint density at radius 2 is 2.10 bits per heavy atom. The first-order valence-corrected chi connectivity index (χ1v) is 8.60. The number of sulfonamides is 1. The fourth-order valence-electron chi connectivity index (χ4n) is 1.42. The summed E-state index contributed by atoms with van der Waals surface area (Å²) in [5.41, 5.74) is 5.82. The number of anilines is 1. The number of thiocarbonyl (C=S) groups is 1. The minimum Gasteiger partial charge on any atom is -0.389 e. The van der Waals surface area contributed by atoms with Crippen LogP contribution in [0.4, 0.5) is 5.82 Å². The van der Waals surface area contributed by atoms with E-state index in [2.05, 4.69) is 46.8 Å². The highest BCUT2D eigenvalue weighted by Gasteiger charge is 2.21. The third-order valence-corrected chi connectivity index (χ3v) is 5.38. The molecule has 0 aliphatic heterocycles. The maximum absolute atomic E-state index is 12.4. The van der Waals surface area contributed by atoms with Crippen LogP contribution in [0, 0.1) is 0 Å². The standard InChI is InChI=1S/C10H8Br2N4O2S2/c11-5-1-2-7(12)8(3-5)20(17,18)16-10-6(9(13)19)4-14-15-10/h1-4H,(H2,13,19)(H2,14,15,16). The number of benzene rings is 1. The molecule has 0 atom stereocenters. The van der Waals surface area contributed by atoms with Gasteiger partial charge in [-0.1, -0.05) is 28.1 Å². The predicted octanol–water partition coefficient (Wildman–Crippen LogP) is 2.37. The van der Waals surface area contributed by atoms with Crippen molar-refractivity contribution in [1.82, 2.24) is 10.2 Å². The average Bonchev–Trinajstić information content (AvgIpc) is 2.79. The Morgan fingerprint density at radius 3 is 2.75 bits per heavy atom. The summed E-state index contributed by atoms with van der Waals surface area (Å²) < 4.78 is 28.1. The van der Waals surface area contributed by atoms with Gasteiger partial charge < -0.3 is 5.73 Å². The van der Waals surface area contributed by atoms with Gasteiger partial charge >= 0.3 is 0 Å². The van der Waals surface area contributed by atoms with Gasteiger partial charge in [-0.2, -0.15) is 5.10 Å². The van der Waals surface area contributed by atoms with Crippen LogP contribution in [0.2, 0.25) is 0 Å². The van der Waals surface area contributed by atoms with E-state index >= 15 is 0 Å². The van der Waals surface area contributed by atoms with Crippen molar-refractivity contribution in [3.8, 4) is 0 Å². The molecule has 0 saturated heterocycles. The molecule has 10 heteroatoms. The van der Waals surface area contributed by atoms with Crippen molar-refractivity contribution < 1.29 is 8.42 Å². The summed E-state index contributed by atoms with van der Waals surface area (Å²) in [4.78, 5) is 0.125. The molecule has 0 fully saturated rings. The highest BCUT2D eigenvalue weighted by atomic mass is 79.9. The molecule has 0 amide bonds. The maximum atomic E-state index is 12.4. The number of nitrogens with one attached hydrogen (secondary N) is 2. The number of hydrogen-bond donors (Lipinski definition) is 3. The quantitative estimate of drug-likeness (QED) is 0.635. The summed E-state index contributed by atoms with van der Waals surface area (Å²) in [7, 11) is -3.81. The number of halogens is 2. The summed E-state index contributed by atoms with van der Waals surface area (Å²) in [6, 6.07) is 4.82. The molecular weight excluding hydrogens is 432 g/mol. The lowest BCUT2D eigenvalue weighted by atomic mass is 10.3. The third kappa shape index (κ3) is 3.19. The van der Waals surface area contributed by atoms with Gasteiger partial charge in [-0.3, -0.25) is 9.82 Å². The van der Waals surface area contributed by atoms with Crippen molar-refractivity contribution >= 4 is 64.9 Å².